The Bertz CT molecular complexity index is 522. The summed E-state index contributed by atoms with van der Waals surface area (Å²) >= 11 is 6.06. The normalized spacial score (nSPS) is 12.5. The van der Waals surface area contributed by atoms with Crippen LogP contribution in [0.3, 0.4) is 0 Å². The number of ether oxygens (including phenoxy) is 1. The van der Waals surface area contributed by atoms with E-state index in [2.05, 4.69) is 0 Å². The lowest BCUT2D eigenvalue weighted by Crippen LogP contribution is -2.10. The minimum Gasteiger partial charge on any atom is -0.495 e. The van der Waals surface area contributed by atoms with Gasteiger partial charge in [-0.05, 0) is 30.7 Å². The van der Waals surface area contributed by atoms with E-state index in [0.717, 1.165) is 16.9 Å². The molecule has 0 saturated carbocycles. The fourth-order valence-corrected chi connectivity index (χ4v) is 1.96. The standard InChI is InChI=1S/C13H14ClNO2/c1-8-5-10(7-17-8)13(15)9-3-4-12(16-2)11(14)6-9/h3-7,13H,15H2,1-2H3. The number of hydrogen-bond donors (Lipinski definition) is 1. The van der Waals surface area contributed by atoms with Gasteiger partial charge in [0.15, 0.2) is 0 Å². The summed E-state index contributed by atoms with van der Waals surface area (Å²) in [6.07, 6.45) is 1.66. The third-order valence-electron chi connectivity index (χ3n) is 2.64. The van der Waals surface area contributed by atoms with Crippen LogP contribution in [0.25, 0.3) is 0 Å². The molecule has 3 nitrogen and oxygen atoms in total. The Kier molecular flexibility index (Phi) is 3.41. The third kappa shape index (κ3) is 2.46. The number of aryl methyl sites for hydroxylation is 1. The van der Waals surface area contributed by atoms with Crippen molar-refractivity contribution in [2.75, 3.05) is 7.11 Å². The van der Waals surface area contributed by atoms with Crippen LogP contribution >= 0.6 is 11.6 Å². The summed E-state index contributed by atoms with van der Waals surface area (Å²) in [7, 11) is 1.58. The molecule has 1 unspecified atom stereocenters. The molecule has 2 aromatic rings. The van der Waals surface area contributed by atoms with Gasteiger partial charge < -0.3 is 14.9 Å². The SMILES string of the molecule is COc1ccc(C(N)c2coc(C)c2)cc1Cl. The van der Waals surface area contributed by atoms with Crippen LogP contribution in [0, 0.1) is 6.92 Å². The van der Waals surface area contributed by atoms with Gasteiger partial charge in [0.25, 0.3) is 0 Å². The summed E-state index contributed by atoms with van der Waals surface area (Å²) in [6.45, 7) is 1.89. The van der Waals surface area contributed by atoms with Crippen LogP contribution in [0.2, 0.25) is 5.02 Å². The van der Waals surface area contributed by atoms with E-state index in [4.69, 9.17) is 26.5 Å². The molecule has 2 rings (SSSR count). The average Bonchev–Trinajstić information content (AvgIpc) is 2.75. The lowest BCUT2D eigenvalue weighted by atomic mass is 10.0. The van der Waals surface area contributed by atoms with Gasteiger partial charge in [0.05, 0.1) is 24.4 Å². The van der Waals surface area contributed by atoms with Crippen LogP contribution in [-0.2, 0) is 0 Å². The van der Waals surface area contributed by atoms with E-state index in [1.807, 2.05) is 31.2 Å². The lowest BCUT2D eigenvalue weighted by molar-refractivity contribution is 0.415. The van der Waals surface area contributed by atoms with Gasteiger partial charge in [0, 0.05) is 5.56 Å². The number of halogens is 1. The Morgan fingerprint density at radius 1 is 1.29 bits per heavy atom. The van der Waals surface area contributed by atoms with E-state index in [1.165, 1.54) is 0 Å². The summed E-state index contributed by atoms with van der Waals surface area (Å²) in [6, 6.07) is 7.20. The monoisotopic (exact) mass is 251 g/mol. The molecular weight excluding hydrogens is 238 g/mol. The molecule has 0 bridgehead atoms. The van der Waals surface area contributed by atoms with E-state index in [-0.39, 0.29) is 6.04 Å². The van der Waals surface area contributed by atoms with E-state index >= 15 is 0 Å². The number of nitrogens with two attached hydrogens (primary N) is 1. The van der Waals surface area contributed by atoms with Gasteiger partial charge in [-0.2, -0.15) is 0 Å². The topological polar surface area (TPSA) is 48.4 Å². The highest BCUT2D eigenvalue weighted by atomic mass is 35.5. The molecule has 1 aromatic heterocycles. The fourth-order valence-electron chi connectivity index (χ4n) is 1.70. The minimum absolute atomic E-state index is 0.240. The largest absolute Gasteiger partial charge is 0.495 e. The van der Waals surface area contributed by atoms with Crippen LogP contribution in [0.1, 0.15) is 22.9 Å². The molecule has 2 N–H and O–H groups in total. The van der Waals surface area contributed by atoms with E-state index in [9.17, 15) is 0 Å². The fraction of sp³-hybridized carbons (Fsp3) is 0.231. The predicted octanol–water partition coefficient (Wildman–Crippen LogP) is 3.30. The maximum atomic E-state index is 6.13. The number of methoxy groups -OCH3 is 1. The maximum absolute atomic E-state index is 6.13. The Balaban J connectivity index is 2.31. The van der Waals surface area contributed by atoms with Crippen molar-refractivity contribution in [3.05, 3.63) is 52.4 Å². The summed E-state index contributed by atoms with van der Waals surface area (Å²) in [5, 5.41) is 0.556. The predicted molar refractivity (Wildman–Crippen MR) is 67.5 cm³/mol. The zero-order valence-electron chi connectivity index (χ0n) is 9.74. The van der Waals surface area contributed by atoms with E-state index in [1.54, 1.807) is 13.4 Å². The van der Waals surface area contributed by atoms with Gasteiger partial charge in [-0.1, -0.05) is 17.7 Å². The first kappa shape index (κ1) is 12.0. The number of furan rings is 1. The third-order valence-corrected chi connectivity index (χ3v) is 2.94. The molecule has 0 aliphatic carbocycles. The highest BCUT2D eigenvalue weighted by Crippen LogP contribution is 2.29. The molecule has 1 heterocycles. The second kappa shape index (κ2) is 4.82. The van der Waals surface area contributed by atoms with Gasteiger partial charge in [0.1, 0.15) is 11.5 Å². The van der Waals surface area contributed by atoms with Crippen molar-refractivity contribution in [2.24, 2.45) is 5.73 Å². The van der Waals surface area contributed by atoms with Crippen LogP contribution < -0.4 is 10.5 Å². The van der Waals surface area contributed by atoms with Crippen molar-refractivity contribution < 1.29 is 9.15 Å². The van der Waals surface area contributed by atoms with Gasteiger partial charge in [-0.15, -0.1) is 0 Å². The second-order valence-corrected chi connectivity index (χ2v) is 4.27. The molecular formula is C13H14ClNO2. The zero-order valence-corrected chi connectivity index (χ0v) is 10.5. The molecule has 1 atom stereocenters. The summed E-state index contributed by atoms with van der Waals surface area (Å²) in [5.41, 5.74) is 7.99. The van der Waals surface area contributed by atoms with Crippen molar-refractivity contribution in [3.63, 3.8) is 0 Å². The molecule has 0 radical (unpaired) electrons. The first-order valence-corrected chi connectivity index (χ1v) is 5.63. The maximum Gasteiger partial charge on any atom is 0.137 e. The van der Waals surface area contributed by atoms with Crippen molar-refractivity contribution in [1.29, 1.82) is 0 Å². The molecule has 0 fully saturated rings. The second-order valence-electron chi connectivity index (χ2n) is 3.86. The van der Waals surface area contributed by atoms with E-state index in [0.29, 0.717) is 10.8 Å². The van der Waals surface area contributed by atoms with E-state index < -0.39 is 0 Å². The molecule has 4 heteroatoms. The highest BCUT2D eigenvalue weighted by Gasteiger charge is 2.13. The Morgan fingerprint density at radius 3 is 2.59 bits per heavy atom. The summed E-state index contributed by atoms with van der Waals surface area (Å²) in [4.78, 5) is 0. The molecule has 0 spiro atoms. The molecule has 90 valence electrons. The lowest BCUT2D eigenvalue weighted by Gasteiger charge is -2.11. The molecule has 0 amide bonds. The molecule has 0 saturated heterocycles. The van der Waals surface area contributed by atoms with Gasteiger partial charge in [-0.3, -0.25) is 0 Å². The molecule has 17 heavy (non-hydrogen) atoms. The van der Waals surface area contributed by atoms with Crippen LogP contribution in [0.5, 0.6) is 5.75 Å². The average molecular weight is 252 g/mol. The zero-order chi connectivity index (χ0) is 12.4. The molecule has 1 aromatic carbocycles. The van der Waals surface area contributed by atoms with Crippen LogP contribution in [0.15, 0.2) is 34.9 Å². The Hall–Kier alpha value is -1.45. The van der Waals surface area contributed by atoms with Crippen LogP contribution in [-0.4, -0.2) is 7.11 Å². The summed E-state index contributed by atoms with van der Waals surface area (Å²) in [5.74, 6) is 1.49. The van der Waals surface area contributed by atoms with Crippen molar-refractivity contribution >= 4 is 11.6 Å². The van der Waals surface area contributed by atoms with Crippen molar-refractivity contribution in [3.8, 4) is 5.75 Å². The first-order chi connectivity index (χ1) is 8.11. The Labute approximate surface area is 105 Å². The Morgan fingerprint density at radius 2 is 2.06 bits per heavy atom. The number of hydrogen-bond acceptors (Lipinski definition) is 3. The van der Waals surface area contributed by atoms with Crippen LogP contribution in [0.4, 0.5) is 0 Å². The van der Waals surface area contributed by atoms with Crippen molar-refractivity contribution in [1.82, 2.24) is 0 Å². The highest BCUT2D eigenvalue weighted by molar-refractivity contribution is 6.32. The quantitative estimate of drug-likeness (QED) is 0.911. The molecule has 0 aliphatic rings. The number of benzene rings is 1. The smallest absolute Gasteiger partial charge is 0.137 e. The molecule has 0 aliphatic heterocycles. The van der Waals surface area contributed by atoms with Gasteiger partial charge in [-0.25, -0.2) is 0 Å². The van der Waals surface area contributed by atoms with Gasteiger partial charge >= 0.3 is 0 Å². The summed E-state index contributed by atoms with van der Waals surface area (Å²) < 4.78 is 10.3. The minimum atomic E-state index is -0.240. The van der Waals surface area contributed by atoms with Crippen molar-refractivity contribution in [2.45, 2.75) is 13.0 Å². The van der Waals surface area contributed by atoms with Gasteiger partial charge in [0.2, 0.25) is 0 Å². The first-order valence-electron chi connectivity index (χ1n) is 5.26. The number of rotatable bonds is 3.